The molecule has 2 atom stereocenters. The number of benzene rings is 2. The number of primary sulfonamides is 1. The smallest absolute Gasteiger partial charge is 0.339 e. The van der Waals surface area contributed by atoms with Crippen molar-refractivity contribution in [1.29, 1.82) is 0 Å². The van der Waals surface area contributed by atoms with Gasteiger partial charge in [0.1, 0.15) is 0 Å². The minimum atomic E-state index is -4.48. The molecular formula is C22H24F3N3O4S. The molecule has 7 nitrogen and oxygen atoms in total. The van der Waals surface area contributed by atoms with Crippen LogP contribution < -0.4 is 5.14 Å². The zero-order valence-electron chi connectivity index (χ0n) is 18.0. The molecule has 11 heteroatoms. The zero-order chi connectivity index (χ0) is 24.6. The number of sulfonamides is 1. The third kappa shape index (κ3) is 5.72. The van der Waals surface area contributed by atoms with E-state index in [1.54, 1.807) is 26.1 Å². The highest BCUT2D eigenvalue weighted by atomic mass is 32.2. The molecule has 178 valence electrons. The molecule has 3 rings (SSSR count). The Hall–Kier alpha value is -2.92. The summed E-state index contributed by atoms with van der Waals surface area (Å²) in [7, 11) is -2.25. The second kappa shape index (κ2) is 9.14. The highest BCUT2D eigenvalue weighted by Gasteiger charge is 2.37. The van der Waals surface area contributed by atoms with Crippen LogP contribution in [0, 0.1) is 5.92 Å². The summed E-state index contributed by atoms with van der Waals surface area (Å²) in [5, 5.41) is 5.10. The number of likely N-dealkylation sites (tertiary alicyclic amines) is 1. The first-order chi connectivity index (χ1) is 15.3. The van der Waals surface area contributed by atoms with E-state index in [9.17, 15) is 31.2 Å². The predicted molar refractivity (Wildman–Crippen MR) is 114 cm³/mol. The van der Waals surface area contributed by atoms with Gasteiger partial charge in [-0.2, -0.15) is 13.2 Å². The van der Waals surface area contributed by atoms with Crippen LogP contribution in [-0.2, 0) is 32.3 Å². The largest absolute Gasteiger partial charge is 0.416 e. The van der Waals surface area contributed by atoms with E-state index >= 15 is 0 Å². The average molecular weight is 484 g/mol. The standard InChI is InChI=1S/C22H24F3N3O4S/c1-14(16-6-8-19(9-7-16)33(26,31)32)27(2)21(30)17-11-20(29)28(13-17)12-15-4-3-5-18(10-15)22(23,24)25/h3-10,14,17H,11-13H2,1-2H3,(H2,26,31,32). The molecule has 0 aromatic heterocycles. The number of hydrogen-bond acceptors (Lipinski definition) is 4. The lowest BCUT2D eigenvalue weighted by molar-refractivity contribution is -0.137. The predicted octanol–water partition coefficient (Wildman–Crippen LogP) is 2.92. The minimum absolute atomic E-state index is 0.0131. The summed E-state index contributed by atoms with van der Waals surface area (Å²) >= 11 is 0. The third-order valence-corrected chi connectivity index (χ3v) is 6.74. The summed E-state index contributed by atoms with van der Waals surface area (Å²) in [5.41, 5.74) is 0.229. The summed E-state index contributed by atoms with van der Waals surface area (Å²) in [6, 6.07) is 10.2. The van der Waals surface area contributed by atoms with Gasteiger partial charge in [0.15, 0.2) is 0 Å². The number of halogens is 3. The van der Waals surface area contributed by atoms with Crippen molar-refractivity contribution in [3.05, 3.63) is 65.2 Å². The van der Waals surface area contributed by atoms with Crippen molar-refractivity contribution >= 4 is 21.8 Å². The Morgan fingerprint density at radius 1 is 1.21 bits per heavy atom. The van der Waals surface area contributed by atoms with Crippen molar-refractivity contribution in [2.75, 3.05) is 13.6 Å². The number of nitrogens with zero attached hydrogens (tertiary/aromatic N) is 2. The van der Waals surface area contributed by atoms with Gasteiger partial charge < -0.3 is 9.80 Å². The van der Waals surface area contributed by atoms with Crippen LogP contribution in [0.2, 0.25) is 0 Å². The van der Waals surface area contributed by atoms with E-state index in [-0.39, 0.29) is 36.2 Å². The molecule has 0 radical (unpaired) electrons. The summed E-state index contributed by atoms with van der Waals surface area (Å²) in [6.45, 7) is 1.86. The first-order valence-electron chi connectivity index (χ1n) is 10.1. The van der Waals surface area contributed by atoms with E-state index in [1.165, 1.54) is 34.1 Å². The highest BCUT2D eigenvalue weighted by molar-refractivity contribution is 7.89. The Kier molecular flexibility index (Phi) is 6.85. The molecule has 2 unspecified atom stereocenters. The normalized spacial score (nSPS) is 17.8. The lowest BCUT2D eigenvalue weighted by atomic mass is 10.0. The van der Waals surface area contributed by atoms with Crippen LogP contribution in [0.5, 0.6) is 0 Å². The van der Waals surface area contributed by atoms with Crippen molar-refractivity contribution < 1.29 is 31.2 Å². The summed E-state index contributed by atoms with van der Waals surface area (Å²) in [4.78, 5) is 28.2. The highest BCUT2D eigenvalue weighted by Crippen LogP contribution is 2.31. The molecule has 1 fully saturated rings. The first kappa shape index (κ1) is 24.7. The fourth-order valence-corrected chi connectivity index (χ4v) is 4.31. The molecule has 33 heavy (non-hydrogen) atoms. The molecule has 2 aromatic rings. The van der Waals surface area contributed by atoms with Crippen molar-refractivity contribution in [1.82, 2.24) is 9.80 Å². The Balaban J connectivity index is 1.67. The van der Waals surface area contributed by atoms with Crippen molar-refractivity contribution in [3.63, 3.8) is 0 Å². The molecule has 0 bridgehead atoms. The fraction of sp³-hybridized carbons (Fsp3) is 0.364. The van der Waals surface area contributed by atoms with Crippen LogP contribution in [0.15, 0.2) is 53.4 Å². The molecule has 2 amide bonds. The van der Waals surface area contributed by atoms with Gasteiger partial charge in [-0.15, -0.1) is 0 Å². The quantitative estimate of drug-likeness (QED) is 0.683. The van der Waals surface area contributed by atoms with E-state index in [2.05, 4.69) is 0 Å². The average Bonchev–Trinajstić information content (AvgIpc) is 3.11. The number of amides is 2. The second-order valence-electron chi connectivity index (χ2n) is 8.11. The number of hydrogen-bond donors (Lipinski definition) is 1. The molecule has 0 saturated carbocycles. The summed E-state index contributed by atoms with van der Waals surface area (Å²) in [5.74, 6) is -1.21. The SMILES string of the molecule is CC(c1ccc(S(N)(=O)=O)cc1)N(C)C(=O)C1CC(=O)N(Cc2cccc(C(F)(F)F)c2)C1. The maximum absolute atomic E-state index is 13.0. The summed E-state index contributed by atoms with van der Waals surface area (Å²) in [6.07, 6.45) is -4.51. The van der Waals surface area contributed by atoms with Gasteiger partial charge in [-0.1, -0.05) is 24.3 Å². The van der Waals surface area contributed by atoms with E-state index in [0.717, 1.165) is 12.1 Å². The van der Waals surface area contributed by atoms with Gasteiger partial charge in [-0.25, -0.2) is 13.6 Å². The van der Waals surface area contributed by atoms with Gasteiger partial charge in [0.05, 0.1) is 22.4 Å². The monoisotopic (exact) mass is 483 g/mol. The topological polar surface area (TPSA) is 101 Å². The van der Waals surface area contributed by atoms with E-state index in [1.807, 2.05) is 0 Å². The molecule has 2 aromatic carbocycles. The molecular weight excluding hydrogens is 459 g/mol. The molecule has 2 N–H and O–H groups in total. The Morgan fingerprint density at radius 2 is 1.85 bits per heavy atom. The second-order valence-corrected chi connectivity index (χ2v) is 9.67. The maximum atomic E-state index is 13.0. The zero-order valence-corrected chi connectivity index (χ0v) is 18.9. The van der Waals surface area contributed by atoms with Crippen molar-refractivity contribution in [2.45, 2.75) is 37.0 Å². The van der Waals surface area contributed by atoms with Crippen LogP contribution in [0.4, 0.5) is 13.2 Å². The van der Waals surface area contributed by atoms with Gasteiger partial charge in [0, 0.05) is 26.6 Å². The fourth-order valence-electron chi connectivity index (χ4n) is 3.80. The Morgan fingerprint density at radius 3 is 2.42 bits per heavy atom. The maximum Gasteiger partial charge on any atom is 0.416 e. The molecule has 1 aliphatic heterocycles. The molecule has 1 aliphatic rings. The molecule has 0 aliphatic carbocycles. The van der Waals surface area contributed by atoms with Crippen molar-refractivity contribution in [3.8, 4) is 0 Å². The molecule has 0 spiro atoms. The van der Waals surface area contributed by atoms with Crippen LogP contribution in [0.3, 0.4) is 0 Å². The number of carbonyl (C=O) groups excluding carboxylic acids is 2. The Bertz CT molecular complexity index is 1150. The van der Waals surface area contributed by atoms with Gasteiger partial charge in [-0.3, -0.25) is 9.59 Å². The van der Waals surface area contributed by atoms with E-state index < -0.39 is 33.7 Å². The minimum Gasteiger partial charge on any atom is -0.339 e. The van der Waals surface area contributed by atoms with E-state index in [4.69, 9.17) is 5.14 Å². The van der Waals surface area contributed by atoms with Gasteiger partial charge in [-0.05, 0) is 42.3 Å². The van der Waals surface area contributed by atoms with Gasteiger partial charge >= 0.3 is 6.18 Å². The van der Waals surface area contributed by atoms with Crippen LogP contribution in [-0.4, -0.2) is 43.6 Å². The van der Waals surface area contributed by atoms with E-state index in [0.29, 0.717) is 11.1 Å². The third-order valence-electron chi connectivity index (χ3n) is 5.81. The van der Waals surface area contributed by atoms with Crippen molar-refractivity contribution in [2.24, 2.45) is 11.1 Å². The Labute approximate surface area is 190 Å². The van der Waals surface area contributed by atoms with Gasteiger partial charge in [0.2, 0.25) is 21.8 Å². The first-order valence-corrected chi connectivity index (χ1v) is 11.7. The lowest BCUT2D eigenvalue weighted by Crippen LogP contribution is -2.36. The lowest BCUT2D eigenvalue weighted by Gasteiger charge is -2.28. The number of rotatable bonds is 6. The molecule has 1 saturated heterocycles. The summed E-state index contributed by atoms with van der Waals surface area (Å²) < 4.78 is 61.7. The van der Waals surface area contributed by atoms with Gasteiger partial charge in [0.25, 0.3) is 0 Å². The van der Waals surface area contributed by atoms with Crippen LogP contribution in [0.1, 0.15) is 36.1 Å². The number of carbonyl (C=O) groups is 2. The van der Waals surface area contributed by atoms with Crippen LogP contribution in [0.25, 0.3) is 0 Å². The molecule has 1 heterocycles. The number of alkyl halides is 3. The number of nitrogens with two attached hydrogens (primary N) is 1. The van der Waals surface area contributed by atoms with Crippen LogP contribution >= 0.6 is 0 Å².